The summed E-state index contributed by atoms with van der Waals surface area (Å²) in [6.07, 6.45) is 0.478. The van der Waals surface area contributed by atoms with Crippen LogP contribution in [0.25, 0.3) is 0 Å². The monoisotopic (exact) mass is 286 g/mol. The van der Waals surface area contributed by atoms with Gasteiger partial charge in [-0.15, -0.1) is 0 Å². The molecule has 1 aliphatic rings. The summed E-state index contributed by atoms with van der Waals surface area (Å²) in [7, 11) is -3.67. The number of nitrogens with zero attached hydrogens (tertiary/aromatic N) is 1. The molecule has 2 rings (SSSR count). The highest BCUT2D eigenvalue weighted by atomic mass is 32.2. The van der Waals surface area contributed by atoms with Gasteiger partial charge in [0.2, 0.25) is 10.0 Å². The summed E-state index contributed by atoms with van der Waals surface area (Å²) in [5, 5.41) is 10.7. The van der Waals surface area contributed by atoms with Crippen molar-refractivity contribution in [2.24, 2.45) is 5.92 Å². The Morgan fingerprint density at radius 3 is 2.21 bits per heavy atom. The third-order valence-electron chi connectivity index (χ3n) is 3.24. The number of sulfonamides is 1. The topological polar surface area (TPSA) is 77.5 Å². The van der Waals surface area contributed by atoms with Crippen molar-refractivity contribution in [1.29, 1.82) is 0 Å². The van der Waals surface area contributed by atoms with E-state index in [0.717, 1.165) is 12.1 Å². The lowest BCUT2D eigenvalue weighted by molar-refractivity contribution is -0.312. The highest BCUT2D eigenvalue weighted by molar-refractivity contribution is 7.89. The summed E-state index contributed by atoms with van der Waals surface area (Å²) >= 11 is 0. The number of carboxylic acids is 1. The first-order valence-electron chi connectivity index (χ1n) is 5.88. The number of piperidine rings is 1. The quantitative estimate of drug-likeness (QED) is 0.782. The molecule has 1 aliphatic heterocycles. The first-order valence-corrected chi connectivity index (χ1v) is 7.32. The van der Waals surface area contributed by atoms with Crippen LogP contribution in [0.4, 0.5) is 4.39 Å². The molecular weight excluding hydrogens is 273 g/mol. The van der Waals surface area contributed by atoms with E-state index in [9.17, 15) is 22.7 Å². The van der Waals surface area contributed by atoms with Crippen LogP contribution in [-0.2, 0) is 14.8 Å². The Kier molecular flexibility index (Phi) is 3.86. The van der Waals surface area contributed by atoms with Gasteiger partial charge in [0.1, 0.15) is 5.82 Å². The molecule has 1 aromatic carbocycles. The van der Waals surface area contributed by atoms with Gasteiger partial charge >= 0.3 is 0 Å². The van der Waals surface area contributed by atoms with E-state index in [1.165, 1.54) is 16.4 Å². The van der Waals surface area contributed by atoms with Gasteiger partial charge in [-0.25, -0.2) is 12.8 Å². The largest absolute Gasteiger partial charge is 0.550 e. The van der Waals surface area contributed by atoms with Crippen molar-refractivity contribution in [3.8, 4) is 0 Å². The van der Waals surface area contributed by atoms with Crippen LogP contribution in [0.1, 0.15) is 12.8 Å². The van der Waals surface area contributed by atoms with E-state index in [1.807, 2.05) is 0 Å². The molecule has 0 atom stereocenters. The van der Waals surface area contributed by atoms with Gasteiger partial charge in [-0.1, -0.05) is 0 Å². The smallest absolute Gasteiger partial charge is 0.243 e. The van der Waals surface area contributed by atoms with Crippen molar-refractivity contribution in [1.82, 2.24) is 4.31 Å². The molecule has 19 heavy (non-hydrogen) atoms. The molecule has 0 saturated carbocycles. The summed E-state index contributed by atoms with van der Waals surface area (Å²) in [6, 6.07) is 4.58. The number of rotatable bonds is 3. The van der Waals surface area contributed by atoms with Crippen LogP contribution >= 0.6 is 0 Å². The number of halogens is 1. The number of hydrogen-bond donors (Lipinski definition) is 0. The van der Waals surface area contributed by atoms with Crippen LogP contribution in [0.15, 0.2) is 29.2 Å². The molecule has 0 aliphatic carbocycles. The van der Waals surface area contributed by atoms with Crippen molar-refractivity contribution in [3.63, 3.8) is 0 Å². The summed E-state index contributed by atoms with van der Waals surface area (Å²) in [4.78, 5) is 10.7. The van der Waals surface area contributed by atoms with Crippen molar-refractivity contribution < 1.29 is 22.7 Å². The first kappa shape index (κ1) is 14.0. The zero-order valence-corrected chi connectivity index (χ0v) is 10.9. The lowest BCUT2D eigenvalue weighted by atomic mass is 9.99. The zero-order valence-electron chi connectivity index (χ0n) is 10.1. The van der Waals surface area contributed by atoms with Crippen molar-refractivity contribution in [3.05, 3.63) is 30.1 Å². The Morgan fingerprint density at radius 2 is 1.74 bits per heavy atom. The van der Waals surface area contributed by atoms with Crippen LogP contribution in [0.2, 0.25) is 0 Å². The molecule has 1 heterocycles. The number of carbonyl (C=O) groups is 1. The average molecular weight is 286 g/mol. The number of carbonyl (C=O) groups excluding carboxylic acids is 1. The van der Waals surface area contributed by atoms with Gasteiger partial charge in [0.15, 0.2) is 0 Å². The maximum Gasteiger partial charge on any atom is 0.243 e. The predicted octanol–water partition coefficient (Wildman–Crippen LogP) is -0.0237. The van der Waals surface area contributed by atoms with Crippen LogP contribution in [0.3, 0.4) is 0 Å². The van der Waals surface area contributed by atoms with Crippen LogP contribution in [0, 0.1) is 11.7 Å². The average Bonchev–Trinajstić information content (AvgIpc) is 2.39. The van der Waals surface area contributed by atoms with Gasteiger partial charge in [0.25, 0.3) is 0 Å². The second kappa shape index (κ2) is 5.26. The van der Waals surface area contributed by atoms with E-state index >= 15 is 0 Å². The van der Waals surface area contributed by atoms with Gasteiger partial charge in [-0.3, -0.25) is 0 Å². The van der Waals surface area contributed by atoms with Gasteiger partial charge in [-0.05, 0) is 37.1 Å². The lowest BCUT2D eigenvalue weighted by Gasteiger charge is -2.31. The van der Waals surface area contributed by atoms with Crippen LogP contribution in [-0.4, -0.2) is 31.8 Å². The van der Waals surface area contributed by atoms with E-state index in [0.29, 0.717) is 0 Å². The van der Waals surface area contributed by atoms with E-state index in [-0.39, 0.29) is 30.8 Å². The molecule has 1 fully saturated rings. The van der Waals surface area contributed by atoms with E-state index in [1.54, 1.807) is 0 Å². The molecule has 1 aromatic rings. The molecular formula is C12H13FNO4S-. The third-order valence-corrected chi connectivity index (χ3v) is 5.15. The maximum absolute atomic E-state index is 12.8. The highest BCUT2D eigenvalue weighted by Crippen LogP contribution is 2.23. The Bertz CT molecular complexity index is 562. The molecule has 0 bridgehead atoms. The Morgan fingerprint density at radius 1 is 1.21 bits per heavy atom. The van der Waals surface area contributed by atoms with Crippen molar-refractivity contribution in [2.75, 3.05) is 13.1 Å². The van der Waals surface area contributed by atoms with Crippen LogP contribution < -0.4 is 5.11 Å². The molecule has 0 spiro atoms. The van der Waals surface area contributed by atoms with Gasteiger partial charge in [0, 0.05) is 25.0 Å². The minimum Gasteiger partial charge on any atom is -0.550 e. The van der Waals surface area contributed by atoms with E-state index < -0.39 is 27.7 Å². The molecule has 1 saturated heterocycles. The fourth-order valence-corrected chi connectivity index (χ4v) is 3.56. The van der Waals surface area contributed by atoms with E-state index in [2.05, 4.69) is 0 Å². The van der Waals surface area contributed by atoms with Crippen molar-refractivity contribution in [2.45, 2.75) is 17.7 Å². The van der Waals surface area contributed by atoms with E-state index in [4.69, 9.17) is 0 Å². The number of benzene rings is 1. The summed E-state index contributed by atoms with van der Waals surface area (Å²) < 4.78 is 38.4. The normalized spacial score (nSPS) is 18.4. The molecule has 0 radical (unpaired) electrons. The molecule has 0 amide bonds. The second-order valence-corrected chi connectivity index (χ2v) is 6.39. The van der Waals surface area contributed by atoms with Crippen molar-refractivity contribution >= 4 is 16.0 Å². The number of aliphatic carboxylic acids is 1. The number of carboxylic acid groups (broad SMARTS) is 1. The molecule has 0 unspecified atom stereocenters. The zero-order chi connectivity index (χ0) is 14.0. The minimum atomic E-state index is -3.67. The maximum atomic E-state index is 12.8. The lowest BCUT2D eigenvalue weighted by Crippen LogP contribution is -2.43. The second-order valence-electron chi connectivity index (χ2n) is 4.45. The van der Waals surface area contributed by atoms with Crippen LogP contribution in [0.5, 0.6) is 0 Å². The minimum absolute atomic E-state index is 0.0146. The summed E-state index contributed by atoms with van der Waals surface area (Å²) in [5.41, 5.74) is 0. The van der Waals surface area contributed by atoms with Gasteiger partial charge in [0.05, 0.1) is 4.90 Å². The predicted molar refractivity (Wildman–Crippen MR) is 62.9 cm³/mol. The van der Waals surface area contributed by atoms with Gasteiger partial charge < -0.3 is 9.90 Å². The Balaban J connectivity index is 2.14. The number of hydrogen-bond acceptors (Lipinski definition) is 4. The van der Waals surface area contributed by atoms with Gasteiger partial charge in [-0.2, -0.15) is 4.31 Å². The standard InChI is InChI=1S/C12H14FNO4S/c13-10-1-3-11(4-2-10)19(17,18)14-7-5-9(6-8-14)12(15)16/h1-4,9H,5-8H2,(H,15,16)/p-1. The fourth-order valence-electron chi connectivity index (χ4n) is 2.09. The molecule has 104 valence electrons. The summed E-state index contributed by atoms with van der Waals surface area (Å²) in [5.74, 6) is -2.24. The Labute approximate surface area is 110 Å². The highest BCUT2D eigenvalue weighted by Gasteiger charge is 2.29. The first-order chi connectivity index (χ1) is 8.91. The third kappa shape index (κ3) is 2.93. The molecule has 0 aromatic heterocycles. The molecule has 5 nitrogen and oxygen atoms in total. The molecule has 0 N–H and O–H groups in total. The SMILES string of the molecule is O=C([O-])C1CCN(S(=O)(=O)c2ccc(F)cc2)CC1. The fraction of sp³-hybridized carbons (Fsp3) is 0.417. The molecule has 7 heteroatoms. The summed E-state index contributed by atoms with van der Waals surface area (Å²) in [6.45, 7) is 0.275. The Hall–Kier alpha value is -1.47.